The molecule has 0 saturated carbocycles. The molecule has 0 atom stereocenters. The van der Waals surface area contributed by atoms with Gasteiger partial charge in [-0.1, -0.05) is 12.1 Å². The first-order valence-electron chi connectivity index (χ1n) is 3.72. The van der Waals surface area contributed by atoms with Crippen molar-refractivity contribution in [3.63, 3.8) is 0 Å². The molecule has 1 rings (SSSR count). The molecule has 0 saturated heterocycles. The zero-order chi connectivity index (χ0) is 11.0. The van der Waals surface area contributed by atoms with Crippen LogP contribution in [-0.2, 0) is 15.9 Å². The fourth-order valence-corrected chi connectivity index (χ4v) is 1.51. The van der Waals surface area contributed by atoms with Crippen molar-refractivity contribution < 1.29 is 17.2 Å². The lowest BCUT2D eigenvalue weighted by atomic mass is 10.1. The van der Waals surface area contributed by atoms with E-state index in [2.05, 4.69) is 0 Å². The minimum Gasteiger partial charge on any atom is -0.225 e. The molecule has 0 unspecified atom stereocenters. The van der Waals surface area contributed by atoms with E-state index in [4.69, 9.17) is 5.14 Å². The van der Waals surface area contributed by atoms with Gasteiger partial charge in [0.2, 0.25) is 10.0 Å². The zero-order valence-corrected chi connectivity index (χ0v) is 8.18. The monoisotopic (exact) mass is 221 g/mol. The second kappa shape index (κ2) is 3.29. The van der Waals surface area contributed by atoms with Crippen LogP contribution in [0.2, 0.25) is 0 Å². The Hall–Kier alpha value is -1.01. The minimum absolute atomic E-state index is 0.309. The standard InChI is InChI=1S/C8H9F2NO2S/c1-8(9,10)6-3-2-4-7(5-6)14(11,12)13/h2-5H,1H3,(H2,11,12,13). The lowest BCUT2D eigenvalue weighted by molar-refractivity contribution is 0.0172. The van der Waals surface area contributed by atoms with Crippen molar-refractivity contribution in [2.24, 2.45) is 5.14 Å². The van der Waals surface area contributed by atoms with Gasteiger partial charge in [-0.05, 0) is 12.1 Å². The summed E-state index contributed by atoms with van der Waals surface area (Å²) < 4.78 is 47.3. The van der Waals surface area contributed by atoms with Crippen LogP contribution in [0.25, 0.3) is 0 Å². The number of sulfonamides is 1. The Bertz CT molecular complexity index is 437. The van der Waals surface area contributed by atoms with Crippen LogP contribution >= 0.6 is 0 Å². The third-order valence-electron chi connectivity index (χ3n) is 1.67. The highest BCUT2D eigenvalue weighted by Gasteiger charge is 2.25. The summed E-state index contributed by atoms with van der Waals surface area (Å²) in [6, 6.07) is 4.42. The van der Waals surface area contributed by atoms with E-state index < -0.39 is 15.9 Å². The van der Waals surface area contributed by atoms with Gasteiger partial charge in [0, 0.05) is 12.5 Å². The lowest BCUT2D eigenvalue weighted by Crippen LogP contribution is -2.14. The van der Waals surface area contributed by atoms with Crippen molar-refractivity contribution >= 4 is 10.0 Å². The fraction of sp³-hybridized carbons (Fsp3) is 0.250. The summed E-state index contributed by atoms with van der Waals surface area (Å²) in [4.78, 5) is -0.309. The summed E-state index contributed by atoms with van der Waals surface area (Å²) in [5, 5.41) is 4.80. The molecule has 0 bridgehead atoms. The Labute approximate surface area is 80.6 Å². The van der Waals surface area contributed by atoms with Crippen molar-refractivity contribution in [2.75, 3.05) is 0 Å². The quantitative estimate of drug-likeness (QED) is 0.821. The molecule has 14 heavy (non-hydrogen) atoms. The molecule has 0 heterocycles. The van der Waals surface area contributed by atoms with Gasteiger partial charge in [0.15, 0.2) is 0 Å². The van der Waals surface area contributed by atoms with Crippen LogP contribution in [-0.4, -0.2) is 8.42 Å². The summed E-state index contributed by atoms with van der Waals surface area (Å²) in [7, 11) is -3.92. The van der Waals surface area contributed by atoms with Crippen LogP contribution in [0.4, 0.5) is 8.78 Å². The van der Waals surface area contributed by atoms with Gasteiger partial charge < -0.3 is 0 Å². The number of halogens is 2. The van der Waals surface area contributed by atoms with Gasteiger partial charge in [-0.2, -0.15) is 0 Å². The number of primary sulfonamides is 1. The highest BCUT2D eigenvalue weighted by Crippen LogP contribution is 2.27. The number of hydrogen-bond donors (Lipinski definition) is 1. The average molecular weight is 221 g/mol. The predicted octanol–water partition coefficient (Wildman–Crippen LogP) is 1.45. The molecule has 0 aliphatic rings. The van der Waals surface area contributed by atoms with Gasteiger partial charge in [-0.25, -0.2) is 22.3 Å². The molecular weight excluding hydrogens is 212 g/mol. The molecule has 0 aliphatic carbocycles. The van der Waals surface area contributed by atoms with E-state index >= 15 is 0 Å². The first kappa shape index (κ1) is 11.1. The molecule has 1 aromatic carbocycles. The van der Waals surface area contributed by atoms with E-state index in [0.29, 0.717) is 6.92 Å². The molecule has 1 aromatic rings. The summed E-state index contributed by atoms with van der Waals surface area (Å²) in [5.74, 6) is -3.07. The molecule has 0 spiro atoms. The van der Waals surface area contributed by atoms with Crippen molar-refractivity contribution in [3.05, 3.63) is 29.8 Å². The predicted molar refractivity (Wildman–Crippen MR) is 47.4 cm³/mol. The lowest BCUT2D eigenvalue weighted by Gasteiger charge is -2.10. The Morgan fingerprint density at radius 1 is 1.36 bits per heavy atom. The first-order valence-corrected chi connectivity index (χ1v) is 5.27. The maximum Gasteiger partial charge on any atom is 0.270 e. The van der Waals surface area contributed by atoms with Gasteiger partial charge in [0.25, 0.3) is 5.92 Å². The highest BCUT2D eigenvalue weighted by atomic mass is 32.2. The molecule has 78 valence electrons. The Morgan fingerprint density at radius 3 is 2.36 bits per heavy atom. The SMILES string of the molecule is CC(F)(F)c1cccc(S(N)(=O)=O)c1. The normalized spacial score (nSPS) is 12.9. The smallest absolute Gasteiger partial charge is 0.225 e. The van der Waals surface area contributed by atoms with Crippen LogP contribution in [0.1, 0.15) is 12.5 Å². The second-order valence-electron chi connectivity index (χ2n) is 2.96. The number of benzene rings is 1. The summed E-state index contributed by atoms with van der Waals surface area (Å²) in [6.07, 6.45) is 0. The van der Waals surface area contributed by atoms with Crippen molar-refractivity contribution in [2.45, 2.75) is 17.7 Å². The van der Waals surface area contributed by atoms with Crippen LogP contribution in [0.15, 0.2) is 29.2 Å². The Kier molecular flexibility index (Phi) is 2.60. The molecule has 0 aliphatic heterocycles. The van der Waals surface area contributed by atoms with E-state index in [1.807, 2.05) is 0 Å². The Morgan fingerprint density at radius 2 is 1.93 bits per heavy atom. The van der Waals surface area contributed by atoms with Gasteiger partial charge in [-0.3, -0.25) is 0 Å². The van der Waals surface area contributed by atoms with E-state index in [-0.39, 0.29) is 10.5 Å². The molecule has 0 radical (unpaired) electrons. The van der Waals surface area contributed by atoms with E-state index in [1.54, 1.807) is 0 Å². The summed E-state index contributed by atoms with van der Waals surface area (Å²) in [5.41, 5.74) is -0.371. The van der Waals surface area contributed by atoms with Crippen LogP contribution in [0.3, 0.4) is 0 Å². The highest BCUT2D eigenvalue weighted by molar-refractivity contribution is 7.89. The minimum atomic E-state index is -3.92. The number of alkyl halides is 2. The van der Waals surface area contributed by atoms with Gasteiger partial charge in [-0.15, -0.1) is 0 Å². The molecule has 3 nitrogen and oxygen atoms in total. The molecule has 2 N–H and O–H groups in total. The van der Waals surface area contributed by atoms with Crippen LogP contribution in [0.5, 0.6) is 0 Å². The topological polar surface area (TPSA) is 60.2 Å². The van der Waals surface area contributed by atoms with Crippen molar-refractivity contribution in [1.29, 1.82) is 0 Å². The van der Waals surface area contributed by atoms with E-state index in [0.717, 1.165) is 12.1 Å². The molecular formula is C8H9F2NO2S. The summed E-state index contributed by atoms with van der Waals surface area (Å²) >= 11 is 0. The van der Waals surface area contributed by atoms with Crippen LogP contribution < -0.4 is 5.14 Å². The van der Waals surface area contributed by atoms with Gasteiger partial charge in [0.1, 0.15) is 0 Å². The summed E-state index contributed by atoms with van der Waals surface area (Å²) in [6.45, 7) is 0.690. The zero-order valence-electron chi connectivity index (χ0n) is 7.37. The number of rotatable bonds is 2. The first-order chi connectivity index (χ1) is 6.21. The number of hydrogen-bond acceptors (Lipinski definition) is 2. The van der Waals surface area contributed by atoms with Gasteiger partial charge in [0.05, 0.1) is 4.90 Å². The Balaban J connectivity index is 3.29. The molecule has 6 heteroatoms. The van der Waals surface area contributed by atoms with Gasteiger partial charge >= 0.3 is 0 Å². The molecule has 0 fully saturated rings. The molecule has 0 aromatic heterocycles. The fourth-order valence-electron chi connectivity index (χ4n) is 0.946. The number of nitrogens with two attached hydrogens (primary N) is 1. The largest absolute Gasteiger partial charge is 0.270 e. The third-order valence-corrected chi connectivity index (χ3v) is 2.58. The molecule has 0 amide bonds. The second-order valence-corrected chi connectivity index (χ2v) is 4.52. The maximum absolute atomic E-state index is 12.8. The van der Waals surface area contributed by atoms with Crippen LogP contribution in [0, 0.1) is 0 Å². The maximum atomic E-state index is 12.8. The van der Waals surface area contributed by atoms with Crippen molar-refractivity contribution in [1.82, 2.24) is 0 Å². The average Bonchev–Trinajstić information content (AvgIpc) is 2.01. The van der Waals surface area contributed by atoms with E-state index in [1.165, 1.54) is 12.1 Å². The van der Waals surface area contributed by atoms with E-state index in [9.17, 15) is 17.2 Å². The third kappa shape index (κ3) is 2.49. The van der Waals surface area contributed by atoms with Crippen molar-refractivity contribution in [3.8, 4) is 0 Å².